The Balaban J connectivity index is 1.33. The average Bonchev–Trinajstić information content (AvgIpc) is 3.42. The third-order valence-corrected chi connectivity index (χ3v) is 6.91. The second-order valence-electron chi connectivity index (χ2n) is 10.7. The van der Waals surface area contributed by atoms with E-state index in [0.717, 1.165) is 28.8 Å². The summed E-state index contributed by atoms with van der Waals surface area (Å²) in [6.45, 7) is 8.45. The van der Waals surface area contributed by atoms with Crippen molar-refractivity contribution in [3.63, 3.8) is 0 Å². The molecule has 0 fully saturated rings. The molecule has 0 aliphatic heterocycles. The van der Waals surface area contributed by atoms with Crippen LogP contribution in [0.15, 0.2) is 96.4 Å². The summed E-state index contributed by atoms with van der Waals surface area (Å²) in [7, 11) is 0. The lowest BCUT2D eigenvalue weighted by atomic mass is 9.80. The highest BCUT2D eigenvalue weighted by Gasteiger charge is 2.37. The topological polar surface area (TPSA) is 85.9 Å². The van der Waals surface area contributed by atoms with Crippen molar-refractivity contribution in [1.29, 1.82) is 0 Å². The van der Waals surface area contributed by atoms with Crippen LogP contribution < -0.4 is 4.74 Å². The Morgan fingerprint density at radius 2 is 1.60 bits per heavy atom. The van der Waals surface area contributed by atoms with Crippen LogP contribution in [0, 0.1) is 11.3 Å². The summed E-state index contributed by atoms with van der Waals surface area (Å²) in [5.41, 5.74) is 4.31. The lowest BCUT2D eigenvalue weighted by Crippen LogP contribution is -2.37. The number of hydrogen-bond acceptors (Lipinski definition) is 5. The molecule has 7 nitrogen and oxygen atoms in total. The maximum absolute atomic E-state index is 12.2. The lowest BCUT2D eigenvalue weighted by Gasteiger charge is -2.24. The smallest absolute Gasteiger partial charge is 0.315 e. The second kappa shape index (κ2) is 13.1. The number of nitrogens with zero attached hydrogens (tertiary/aromatic N) is 3. The highest BCUT2D eigenvalue weighted by Crippen LogP contribution is 2.27. The van der Waals surface area contributed by atoms with E-state index in [1.54, 1.807) is 20.0 Å². The number of aliphatic carboxylic acids is 1. The summed E-state index contributed by atoms with van der Waals surface area (Å²) < 4.78 is 7.81. The summed E-state index contributed by atoms with van der Waals surface area (Å²) in [4.78, 5) is 17.7. The molecule has 208 valence electrons. The monoisotopic (exact) mass is 539 g/mol. The molecule has 0 saturated carbocycles. The summed E-state index contributed by atoms with van der Waals surface area (Å²) in [6, 6.07) is 25.6. The van der Waals surface area contributed by atoms with Crippen molar-refractivity contribution in [3.05, 3.63) is 114 Å². The molecular formula is C33H37N3O4. The SMILES string of the molecule is C/C(=N\OCc1ccccc1)C(C)(Cc1ccc(OCc2cnn(-c3ccc(CC(C)C)cc3)c2)cc1)C(=O)O. The third-order valence-electron chi connectivity index (χ3n) is 6.91. The van der Waals surface area contributed by atoms with E-state index < -0.39 is 11.4 Å². The van der Waals surface area contributed by atoms with Crippen molar-refractivity contribution in [2.75, 3.05) is 0 Å². The van der Waals surface area contributed by atoms with Gasteiger partial charge in [-0.05, 0) is 73.6 Å². The van der Waals surface area contributed by atoms with E-state index in [1.165, 1.54) is 5.56 Å². The van der Waals surface area contributed by atoms with Gasteiger partial charge >= 0.3 is 5.97 Å². The highest BCUT2D eigenvalue weighted by molar-refractivity contribution is 6.04. The van der Waals surface area contributed by atoms with E-state index in [0.29, 0.717) is 24.0 Å². The normalized spacial score (nSPS) is 13.2. The summed E-state index contributed by atoms with van der Waals surface area (Å²) >= 11 is 0. The zero-order valence-corrected chi connectivity index (χ0v) is 23.6. The first-order valence-electron chi connectivity index (χ1n) is 13.5. The fourth-order valence-corrected chi connectivity index (χ4v) is 4.35. The molecule has 0 amide bonds. The minimum atomic E-state index is -1.21. The van der Waals surface area contributed by atoms with Crippen molar-refractivity contribution in [2.45, 2.75) is 53.8 Å². The highest BCUT2D eigenvalue weighted by atomic mass is 16.6. The van der Waals surface area contributed by atoms with Crippen LogP contribution >= 0.6 is 0 Å². The molecule has 0 spiro atoms. The minimum Gasteiger partial charge on any atom is -0.489 e. The van der Waals surface area contributed by atoms with Crippen molar-refractivity contribution >= 4 is 11.7 Å². The second-order valence-corrected chi connectivity index (χ2v) is 10.7. The first kappa shape index (κ1) is 28.6. The van der Waals surface area contributed by atoms with E-state index in [1.807, 2.05) is 65.5 Å². The Kier molecular flexibility index (Phi) is 9.38. The molecule has 0 aliphatic rings. The molecule has 1 unspecified atom stereocenters. The number of carboxylic acid groups (broad SMARTS) is 1. The van der Waals surface area contributed by atoms with E-state index >= 15 is 0 Å². The van der Waals surface area contributed by atoms with Gasteiger partial charge in [-0.1, -0.05) is 73.6 Å². The molecule has 1 aromatic heterocycles. The Bertz CT molecular complexity index is 1410. The molecule has 1 atom stereocenters. The first-order valence-corrected chi connectivity index (χ1v) is 13.5. The van der Waals surface area contributed by atoms with Crippen molar-refractivity contribution < 1.29 is 19.5 Å². The average molecular weight is 540 g/mol. The molecule has 0 saturated heterocycles. The largest absolute Gasteiger partial charge is 0.489 e. The molecule has 0 bridgehead atoms. The minimum absolute atomic E-state index is 0.273. The number of oxime groups is 1. The first-order chi connectivity index (χ1) is 19.2. The van der Waals surface area contributed by atoms with Gasteiger partial charge in [0.1, 0.15) is 24.4 Å². The Hall–Kier alpha value is -4.39. The fraction of sp³-hybridized carbons (Fsp3) is 0.303. The number of aromatic nitrogens is 2. The van der Waals surface area contributed by atoms with Gasteiger partial charge in [-0.2, -0.15) is 5.10 Å². The van der Waals surface area contributed by atoms with Crippen LogP contribution in [0.3, 0.4) is 0 Å². The Labute approximate surface area is 236 Å². The quantitative estimate of drug-likeness (QED) is 0.148. The van der Waals surface area contributed by atoms with Crippen LogP contribution in [-0.2, 0) is 35.7 Å². The van der Waals surface area contributed by atoms with Crippen LogP contribution in [0.2, 0.25) is 0 Å². The molecule has 7 heteroatoms. The molecule has 40 heavy (non-hydrogen) atoms. The summed E-state index contributed by atoms with van der Waals surface area (Å²) in [5.74, 6) is 0.366. The molecule has 0 radical (unpaired) electrons. The van der Waals surface area contributed by atoms with Crippen molar-refractivity contribution in [1.82, 2.24) is 9.78 Å². The van der Waals surface area contributed by atoms with E-state index in [-0.39, 0.29) is 13.0 Å². The number of carbonyl (C=O) groups is 1. The molecular weight excluding hydrogens is 502 g/mol. The summed E-state index contributed by atoms with van der Waals surface area (Å²) in [5, 5.41) is 18.6. The molecule has 4 aromatic rings. The number of rotatable bonds is 13. The zero-order valence-electron chi connectivity index (χ0n) is 23.6. The number of hydrogen-bond donors (Lipinski definition) is 1. The van der Waals surface area contributed by atoms with Crippen LogP contribution in [-0.4, -0.2) is 26.6 Å². The van der Waals surface area contributed by atoms with Gasteiger partial charge in [-0.15, -0.1) is 0 Å². The maximum atomic E-state index is 12.2. The van der Waals surface area contributed by atoms with Crippen molar-refractivity contribution in [3.8, 4) is 11.4 Å². The molecule has 4 rings (SSSR count). The van der Waals surface area contributed by atoms with Gasteiger partial charge < -0.3 is 14.7 Å². The Morgan fingerprint density at radius 3 is 2.25 bits per heavy atom. The van der Waals surface area contributed by atoms with Gasteiger partial charge in [0.25, 0.3) is 0 Å². The number of carboxylic acids is 1. The van der Waals surface area contributed by atoms with E-state index in [4.69, 9.17) is 9.57 Å². The van der Waals surface area contributed by atoms with Crippen LogP contribution in [0.4, 0.5) is 0 Å². The van der Waals surface area contributed by atoms with Crippen LogP contribution in [0.5, 0.6) is 5.75 Å². The van der Waals surface area contributed by atoms with E-state index in [2.05, 4.69) is 48.4 Å². The van der Waals surface area contributed by atoms with Gasteiger partial charge in [-0.25, -0.2) is 4.68 Å². The van der Waals surface area contributed by atoms with Gasteiger partial charge in [0.15, 0.2) is 0 Å². The van der Waals surface area contributed by atoms with Crippen molar-refractivity contribution in [2.24, 2.45) is 16.5 Å². The predicted octanol–water partition coefficient (Wildman–Crippen LogP) is 6.88. The van der Waals surface area contributed by atoms with Gasteiger partial charge in [0.2, 0.25) is 0 Å². The van der Waals surface area contributed by atoms with Gasteiger partial charge in [-0.3, -0.25) is 4.79 Å². The lowest BCUT2D eigenvalue weighted by molar-refractivity contribution is -0.144. The number of benzene rings is 3. The van der Waals surface area contributed by atoms with Crippen LogP contribution in [0.25, 0.3) is 5.69 Å². The predicted molar refractivity (Wildman–Crippen MR) is 157 cm³/mol. The standard InChI is InChI=1S/C33H37N3O4/c1-24(2)18-26-10-14-30(15-11-26)36-21-29(20-34-36)22-39-31-16-12-27(13-17-31)19-33(4,32(37)38)25(3)35-40-23-28-8-6-5-7-9-28/h5-17,20-21,24H,18-19,22-23H2,1-4H3,(H,37,38)/b35-25+. The van der Waals surface area contributed by atoms with E-state index in [9.17, 15) is 9.90 Å². The Morgan fingerprint density at radius 1 is 0.925 bits per heavy atom. The molecule has 0 aliphatic carbocycles. The fourth-order valence-electron chi connectivity index (χ4n) is 4.35. The molecule has 1 N–H and O–H groups in total. The van der Waals surface area contributed by atoms with Gasteiger partial charge in [0, 0.05) is 11.8 Å². The van der Waals surface area contributed by atoms with Crippen LogP contribution in [0.1, 0.15) is 49.9 Å². The third kappa shape index (κ3) is 7.59. The summed E-state index contributed by atoms with van der Waals surface area (Å²) in [6.07, 6.45) is 5.10. The molecule has 1 heterocycles. The number of ether oxygens (including phenoxy) is 1. The zero-order chi connectivity index (χ0) is 28.5. The maximum Gasteiger partial charge on any atom is 0.315 e. The van der Waals surface area contributed by atoms with Gasteiger partial charge in [0.05, 0.1) is 17.6 Å². The molecule has 3 aromatic carbocycles.